The van der Waals surface area contributed by atoms with E-state index in [1.165, 1.54) is 16.7 Å². The molecular weight excluding hydrogens is 1020 g/mol. The molecule has 10 aromatic rings. The fraction of sp³-hybridized carbons (Fsp3) is 0.156. The van der Waals surface area contributed by atoms with Crippen LogP contribution in [-0.2, 0) is 31.9 Å². The van der Waals surface area contributed by atoms with E-state index in [-0.39, 0.29) is 37.6 Å². The van der Waals surface area contributed by atoms with Crippen LogP contribution in [0, 0.1) is 13.0 Å². The van der Waals surface area contributed by atoms with Crippen molar-refractivity contribution in [3.05, 3.63) is 217 Å². The molecule has 0 saturated carbocycles. The van der Waals surface area contributed by atoms with Gasteiger partial charge in [0.05, 0.1) is 22.3 Å². The molecule has 0 aliphatic carbocycles. The minimum absolute atomic E-state index is 0. The van der Waals surface area contributed by atoms with Gasteiger partial charge in [-0.3, -0.25) is 9.55 Å². The van der Waals surface area contributed by atoms with Crippen LogP contribution in [0.2, 0.25) is 0 Å². The molecule has 0 bridgehead atoms. The number of rotatable bonds is 10. The van der Waals surface area contributed by atoms with Crippen molar-refractivity contribution in [2.45, 2.75) is 65.7 Å². The molecule has 0 unspecified atom stereocenters. The number of phenols is 1. The summed E-state index contributed by atoms with van der Waals surface area (Å²) in [5.74, 6) is 0.915. The van der Waals surface area contributed by atoms with E-state index in [0.29, 0.717) is 11.4 Å². The number of aromatic nitrogens is 3. The van der Waals surface area contributed by atoms with Crippen molar-refractivity contribution in [3.8, 4) is 89.7 Å². The van der Waals surface area contributed by atoms with Gasteiger partial charge < -0.3 is 5.11 Å². The molecule has 1 N–H and O–H groups in total. The van der Waals surface area contributed by atoms with Gasteiger partial charge in [0.15, 0.2) is 0 Å². The molecule has 0 aliphatic heterocycles. The maximum atomic E-state index is 12.4. The van der Waals surface area contributed by atoms with E-state index in [1.807, 2.05) is 12.3 Å². The monoisotopic (exact) mass is 1080 g/mol. The number of aromatic hydroxyl groups is 1. The van der Waals surface area contributed by atoms with Crippen LogP contribution in [0.3, 0.4) is 0 Å². The Labute approximate surface area is 421 Å². The largest absolute Gasteiger partial charge is 0.507 e. The Morgan fingerprint density at radius 2 is 1.13 bits per heavy atom. The van der Waals surface area contributed by atoms with E-state index in [2.05, 4.69) is 241 Å². The second kappa shape index (κ2) is 19.1. The quantitative estimate of drug-likeness (QED) is 0.139. The Morgan fingerprint density at radius 1 is 0.536 bits per heavy atom. The number of benzene rings is 8. The van der Waals surface area contributed by atoms with E-state index in [4.69, 9.17) is 9.97 Å². The summed E-state index contributed by atoms with van der Waals surface area (Å²) in [6, 6.07) is 70.3. The van der Waals surface area contributed by atoms with Crippen LogP contribution in [0.4, 0.5) is 0 Å². The number of aryl methyl sites for hydroxylation is 1. The molecule has 0 amide bonds. The van der Waals surface area contributed by atoms with Gasteiger partial charge in [-0.25, -0.2) is 4.98 Å². The van der Waals surface area contributed by atoms with Crippen molar-refractivity contribution < 1.29 is 26.2 Å². The first-order valence-electron chi connectivity index (χ1n) is 23.7. The van der Waals surface area contributed by atoms with Gasteiger partial charge in [-0.1, -0.05) is 204 Å². The van der Waals surface area contributed by atoms with E-state index in [9.17, 15) is 5.11 Å². The molecule has 0 radical (unpaired) electrons. The van der Waals surface area contributed by atoms with E-state index in [1.54, 1.807) is 0 Å². The van der Waals surface area contributed by atoms with Crippen LogP contribution < -0.4 is 0 Å². The molecule has 0 spiro atoms. The fourth-order valence-corrected chi connectivity index (χ4v) is 9.36. The van der Waals surface area contributed by atoms with E-state index >= 15 is 0 Å². The number of phenolic OH excluding ortho intramolecular Hbond substituents is 1. The zero-order valence-corrected chi connectivity index (χ0v) is 42.6. The number of para-hydroxylation sites is 1. The SMILES string of the molecule is CCC(C)(C)c1ccc(-n2c(-c3cc(C)cc(C(C)(C)C)c3O)nc3c(-c4[c-]c(-c5cc(-c6ccc(-c7ccccc7)cc6)ccn5)cc(-c5ccccc5)c4)cccc32)c(-c2ccccc2)c1.[Pt]. The molecule has 0 fully saturated rings. The Morgan fingerprint density at radius 3 is 1.77 bits per heavy atom. The van der Waals surface area contributed by atoms with Gasteiger partial charge in [-0.2, -0.15) is 0 Å². The number of imidazole rings is 1. The predicted molar refractivity (Wildman–Crippen MR) is 284 cm³/mol. The molecule has 5 heteroatoms. The molecule has 2 heterocycles. The minimum atomic E-state index is -0.310. The van der Waals surface area contributed by atoms with Gasteiger partial charge in [0, 0.05) is 44.1 Å². The Balaban J connectivity index is 0.00000593. The molecule has 344 valence electrons. The maximum absolute atomic E-state index is 12.4. The van der Waals surface area contributed by atoms with Gasteiger partial charge in [-0.05, 0) is 99.0 Å². The normalized spacial score (nSPS) is 11.7. The molecule has 2 aromatic heterocycles. The number of hydrogen-bond donors (Lipinski definition) is 1. The maximum Gasteiger partial charge on any atom is 0.148 e. The Hall–Kier alpha value is -7.13. The van der Waals surface area contributed by atoms with Crippen molar-refractivity contribution >= 4 is 11.0 Å². The molecule has 0 atom stereocenters. The topological polar surface area (TPSA) is 50.9 Å². The number of fused-ring (bicyclic) bond motifs is 1. The second-order valence-electron chi connectivity index (χ2n) is 19.7. The molecule has 0 aliphatic rings. The Bertz CT molecular complexity index is 3440. The van der Waals surface area contributed by atoms with Gasteiger partial charge in [0.1, 0.15) is 11.6 Å². The summed E-state index contributed by atoms with van der Waals surface area (Å²) in [6.07, 6.45) is 2.89. The Kier molecular flexibility index (Phi) is 13.0. The summed E-state index contributed by atoms with van der Waals surface area (Å²) in [5, 5.41) is 12.4. The van der Waals surface area contributed by atoms with Gasteiger partial charge in [0.25, 0.3) is 0 Å². The van der Waals surface area contributed by atoms with E-state index in [0.717, 1.165) is 90.0 Å². The van der Waals surface area contributed by atoms with Crippen molar-refractivity contribution in [2.24, 2.45) is 0 Å². The standard InChI is InChI=1S/C64H56N3O.Pt/c1-8-64(6,7)52-31-32-58(54(41-52)47-23-16-11-17-24-47)67-59-26-18-25-53(60(59)66-62(67)55-35-42(2)36-56(61(55)68)63(3,4)5)50-37-49(44-21-14-10-15-22-44)38-51(39-50)57-40-48(33-34-65-57)46-29-27-45(28-30-46)43-19-12-9-13-20-43;/h9-38,40-41,68H,8H2,1-7H3;/q-1;. The average molecular weight is 1080 g/mol. The third kappa shape index (κ3) is 9.27. The van der Waals surface area contributed by atoms with Crippen LogP contribution >= 0.6 is 0 Å². The van der Waals surface area contributed by atoms with Crippen molar-refractivity contribution in [3.63, 3.8) is 0 Å². The number of nitrogens with zero attached hydrogens (tertiary/aromatic N) is 3. The zero-order chi connectivity index (χ0) is 47.2. The van der Waals surface area contributed by atoms with Gasteiger partial charge in [-0.15, -0.1) is 23.8 Å². The summed E-state index contributed by atoms with van der Waals surface area (Å²) in [6.45, 7) is 15.4. The first-order valence-corrected chi connectivity index (χ1v) is 23.7. The third-order valence-electron chi connectivity index (χ3n) is 13.6. The van der Waals surface area contributed by atoms with Crippen LogP contribution in [0.5, 0.6) is 5.75 Å². The molecule has 8 aromatic carbocycles. The third-order valence-corrected chi connectivity index (χ3v) is 13.6. The van der Waals surface area contributed by atoms with Crippen LogP contribution in [0.25, 0.3) is 95.0 Å². The number of pyridine rings is 1. The van der Waals surface area contributed by atoms with Crippen molar-refractivity contribution in [2.75, 3.05) is 0 Å². The van der Waals surface area contributed by atoms with Crippen LogP contribution in [0.1, 0.15) is 64.7 Å². The smallest absolute Gasteiger partial charge is 0.148 e. The summed E-state index contributed by atoms with van der Waals surface area (Å²) < 4.78 is 2.26. The first kappa shape index (κ1) is 47.0. The molecule has 10 rings (SSSR count). The minimum Gasteiger partial charge on any atom is -0.507 e. The number of hydrogen-bond acceptors (Lipinski definition) is 3. The van der Waals surface area contributed by atoms with Crippen molar-refractivity contribution in [1.82, 2.24) is 14.5 Å². The average Bonchev–Trinajstić information content (AvgIpc) is 3.76. The predicted octanol–water partition coefficient (Wildman–Crippen LogP) is 16.9. The molecule has 69 heavy (non-hydrogen) atoms. The summed E-state index contributed by atoms with van der Waals surface area (Å²) in [7, 11) is 0. The zero-order valence-electron chi connectivity index (χ0n) is 40.3. The second-order valence-corrected chi connectivity index (χ2v) is 19.7. The summed E-state index contributed by atoms with van der Waals surface area (Å²) >= 11 is 0. The van der Waals surface area contributed by atoms with E-state index < -0.39 is 0 Å². The summed E-state index contributed by atoms with van der Waals surface area (Å²) in [5.41, 5.74) is 18.7. The van der Waals surface area contributed by atoms with Gasteiger partial charge >= 0.3 is 0 Å². The van der Waals surface area contributed by atoms with Gasteiger partial charge in [0.2, 0.25) is 0 Å². The van der Waals surface area contributed by atoms with Crippen LogP contribution in [0.15, 0.2) is 194 Å². The van der Waals surface area contributed by atoms with Crippen molar-refractivity contribution in [1.29, 1.82) is 0 Å². The molecule has 0 saturated heterocycles. The molecular formula is C64H56N3OPt-. The fourth-order valence-electron chi connectivity index (χ4n) is 9.36. The molecule has 4 nitrogen and oxygen atoms in total. The first-order chi connectivity index (χ1) is 32.9. The summed E-state index contributed by atoms with van der Waals surface area (Å²) in [4.78, 5) is 10.6. The van der Waals surface area contributed by atoms with Crippen LogP contribution in [-0.4, -0.2) is 19.6 Å².